The molecule has 1 rings (SSSR count). The van der Waals surface area contributed by atoms with Crippen LogP contribution in [0.1, 0.15) is 34.1 Å². The van der Waals surface area contributed by atoms with Crippen LogP contribution in [0.15, 0.2) is 0 Å². The van der Waals surface area contributed by atoms with Crippen molar-refractivity contribution in [1.82, 2.24) is 4.90 Å². The fourth-order valence-electron chi connectivity index (χ4n) is 2.08. The number of hydrogen-bond acceptors (Lipinski definition) is 1. The molecule has 2 atom stereocenters. The van der Waals surface area contributed by atoms with Gasteiger partial charge in [-0.15, -0.1) is 0 Å². The van der Waals surface area contributed by atoms with Gasteiger partial charge in [-0.25, -0.2) is 4.39 Å². The maximum absolute atomic E-state index is 13.1. The molecule has 1 nitrogen and oxygen atoms in total. The van der Waals surface area contributed by atoms with Crippen LogP contribution >= 0.6 is 0 Å². The van der Waals surface area contributed by atoms with Gasteiger partial charge in [-0.1, -0.05) is 13.8 Å². The molecule has 2 heteroatoms. The zero-order chi connectivity index (χ0) is 9.30. The SMILES string of the molecule is CC(C)[C@H]1C[C@@H](F)CN1C(C)C. The van der Waals surface area contributed by atoms with Crippen LogP contribution in [-0.4, -0.2) is 29.7 Å². The molecule has 1 heterocycles. The van der Waals surface area contributed by atoms with Crippen LogP contribution in [0.4, 0.5) is 4.39 Å². The van der Waals surface area contributed by atoms with E-state index in [0.717, 1.165) is 6.42 Å². The Hall–Kier alpha value is -0.110. The minimum atomic E-state index is -0.597. The lowest BCUT2D eigenvalue weighted by Gasteiger charge is -2.30. The van der Waals surface area contributed by atoms with Gasteiger partial charge in [0.25, 0.3) is 0 Å². The summed E-state index contributed by atoms with van der Waals surface area (Å²) in [5.74, 6) is 0.577. The summed E-state index contributed by atoms with van der Waals surface area (Å²) < 4.78 is 13.1. The van der Waals surface area contributed by atoms with Crippen LogP contribution in [0.2, 0.25) is 0 Å². The molecule has 0 bridgehead atoms. The number of rotatable bonds is 2. The van der Waals surface area contributed by atoms with Gasteiger partial charge in [0.1, 0.15) is 6.17 Å². The molecule has 0 amide bonds. The van der Waals surface area contributed by atoms with Crippen molar-refractivity contribution in [2.75, 3.05) is 6.54 Å². The molecule has 1 aliphatic rings. The average Bonchev–Trinajstić information content (AvgIpc) is 2.31. The third kappa shape index (κ3) is 1.98. The van der Waals surface area contributed by atoms with E-state index in [1.54, 1.807) is 0 Å². The molecule has 0 aromatic rings. The summed E-state index contributed by atoms with van der Waals surface area (Å²) in [6, 6.07) is 0.943. The van der Waals surface area contributed by atoms with Crippen molar-refractivity contribution in [3.63, 3.8) is 0 Å². The highest BCUT2D eigenvalue weighted by molar-refractivity contribution is 4.88. The molecule has 0 unspecified atom stereocenters. The second-order valence-electron chi connectivity index (χ2n) is 4.43. The second kappa shape index (κ2) is 3.73. The lowest BCUT2D eigenvalue weighted by Crippen LogP contribution is -2.38. The first-order valence-electron chi connectivity index (χ1n) is 4.92. The standard InChI is InChI=1S/C10H20FN/c1-7(2)10-5-9(11)6-12(10)8(3)4/h7-10H,5-6H2,1-4H3/t9-,10-/m1/s1. The summed E-state index contributed by atoms with van der Waals surface area (Å²) in [4.78, 5) is 2.29. The van der Waals surface area contributed by atoms with Gasteiger partial charge < -0.3 is 0 Å². The molecule has 0 aliphatic carbocycles. The quantitative estimate of drug-likeness (QED) is 0.620. The van der Waals surface area contributed by atoms with Crippen molar-refractivity contribution < 1.29 is 4.39 Å². The van der Waals surface area contributed by atoms with Crippen LogP contribution in [0.25, 0.3) is 0 Å². The Kier molecular flexibility index (Phi) is 3.10. The normalized spacial score (nSPS) is 32.2. The molecule has 0 N–H and O–H groups in total. The van der Waals surface area contributed by atoms with E-state index in [-0.39, 0.29) is 0 Å². The highest BCUT2D eigenvalue weighted by Crippen LogP contribution is 2.27. The fraction of sp³-hybridized carbons (Fsp3) is 1.00. The third-order valence-corrected chi connectivity index (χ3v) is 2.76. The molecule has 72 valence electrons. The van der Waals surface area contributed by atoms with Gasteiger partial charge in [-0.2, -0.15) is 0 Å². The van der Waals surface area contributed by atoms with Crippen molar-refractivity contribution >= 4 is 0 Å². The Morgan fingerprint density at radius 1 is 1.25 bits per heavy atom. The molecule has 1 aliphatic heterocycles. The molecule has 1 fully saturated rings. The number of halogens is 1. The predicted octanol–water partition coefficient (Wildman–Crippen LogP) is 2.46. The summed E-state index contributed by atoms with van der Waals surface area (Å²) in [7, 11) is 0. The molecular formula is C10H20FN. The van der Waals surface area contributed by atoms with Crippen LogP contribution in [-0.2, 0) is 0 Å². The molecule has 1 saturated heterocycles. The zero-order valence-corrected chi connectivity index (χ0v) is 8.55. The Morgan fingerprint density at radius 2 is 1.83 bits per heavy atom. The lowest BCUT2D eigenvalue weighted by atomic mass is 10.0. The zero-order valence-electron chi connectivity index (χ0n) is 8.55. The summed E-state index contributed by atoms with van der Waals surface area (Å²) in [5, 5.41) is 0. The first kappa shape index (κ1) is 9.97. The van der Waals surface area contributed by atoms with Gasteiger partial charge in [0, 0.05) is 18.6 Å². The van der Waals surface area contributed by atoms with Gasteiger partial charge in [0.05, 0.1) is 0 Å². The minimum absolute atomic E-state index is 0.458. The van der Waals surface area contributed by atoms with Crippen molar-refractivity contribution in [3.8, 4) is 0 Å². The first-order chi connectivity index (χ1) is 5.52. The van der Waals surface area contributed by atoms with E-state index >= 15 is 0 Å². The van der Waals surface area contributed by atoms with Gasteiger partial charge in [0.2, 0.25) is 0 Å². The molecule has 0 radical (unpaired) electrons. The van der Waals surface area contributed by atoms with E-state index in [9.17, 15) is 4.39 Å². The number of nitrogens with zero attached hydrogens (tertiary/aromatic N) is 1. The van der Waals surface area contributed by atoms with E-state index in [1.807, 2.05) is 0 Å². The smallest absolute Gasteiger partial charge is 0.114 e. The summed E-state index contributed by atoms with van der Waals surface area (Å²) >= 11 is 0. The number of likely N-dealkylation sites (tertiary alicyclic amines) is 1. The Labute approximate surface area is 74.9 Å². The maximum atomic E-state index is 13.1. The van der Waals surface area contributed by atoms with Gasteiger partial charge in [-0.3, -0.25) is 4.90 Å². The van der Waals surface area contributed by atoms with Gasteiger partial charge in [-0.05, 0) is 26.2 Å². The topological polar surface area (TPSA) is 3.24 Å². The summed E-state index contributed by atoms with van der Waals surface area (Å²) in [6.07, 6.45) is 0.135. The molecule has 0 aromatic heterocycles. The van der Waals surface area contributed by atoms with Crippen LogP contribution in [0.3, 0.4) is 0 Å². The fourth-order valence-corrected chi connectivity index (χ4v) is 2.08. The number of alkyl halides is 1. The maximum Gasteiger partial charge on any atom is 0.114 e. The summed E-state index contributed by atoms with van der Waals surface area (Å²) in [6.45, 7) is 9.29. The highest BCUT2D eigenvalue weighted by Gasteiger charge is 2.34. The average molecular weight is 173 g/mol. The van der Waals surface area contributed by atoms with E-state index in [4.69, 9.17) is 0 Å². The van der Waals surface area contributed by atoms with Crippen LogP contribution < -0.4 is 0 Å². The van der Waals surface area contributed by atoms with Crippen LogP contribution in [0.5, 0.6) is 0 Å². The largest absolute Gasteiger partial charge is 0.295 e. The van der Waals surface area contributed by atoms with Gasteiger partial charge >= 0.3 is 0 Å². The Balaban J connectivity index is 2.59. The van der Waals surface area contributed by atoms with Crippen LogP contribution in [0, 0.1) is 5.92 Å². The van der Waals surface area contributed by atoms with Crippen molar-refractivity contribution in [2.45, 2.75) is 52.4 Å². The summed E-state index contributed by atoms with van der Waals surface area (Å²) in [5.41, 5.74) is 0. The first-order valence-corrected chi connectivity index (χ1v) is 4.92. The molecule has 12 heavy (non-hydrogen) atoms. The lowest BCUT2D eigenvalue weighted by molar-refractivity contribution is 0.162. The minimum Gasteiger partial charge on any atom is -0.295 e. The van der Waals surface area contributed by atoms with E-state index < -0.39 is 6.17 Å². The molecular weight excluding hydrogens is 153 g/mol. The molecule has 0 aromatic carbocycles. The molecule has 0 spiro atoms. The van der Waals surface area contributed by atoms with Crippen molar-refractivity contribution in [1.29, 1.82) is 0 Å². The van der Waals surface area contributed by atoms with E-state index in [1.165, 1.54) is 0 Å². The Bertz CT molecular complexity index is 129. The van der Waals surface area contributed by atoms with Crippen molar-refractivity contribution in [2.24, 2.45) is 5.92 Å². The Morgan fingerprint density at radius 3 is 2.17 bits per heavy atom. The molecule has 0 saturated carbocycles. The predicted molar refractivity (Wildman–Crippen MR) is 50.0 cm³/mol. The van der Waals surface area contributed by atoms with E-state index in [0.29, 0.717) is 24.5 Å². The second-order valence-corrected chi connectivity index (χ2v) is 4.43. The van der Waals surface area contributed by atoms with Gasteiger partial charge in [0.15, 0.2) is 0 Å². The number of hydrogen-bond donors (Lipinski definition) is 0. The van der Waals surface area contributed by atoms with E-state index in [2.05, 4.69) is 32.6 Å². The monoisotopic (exact) mass is 173 g/mol. The van der Waals surface area contributed by atoms with Crippen molar-refractivity contribution in [3.05, 3.63) is 0 Å². The highest BCUT2D eigenvalue weighted by atomic mass is 19.1. The third-order valence-electron chi connectivity index (χ3n) is 2.76.